The zero-order valence-electron chi connectivity index (χ0n) is 11.6. The standard InChI is InChI=1S/C12H22N4O2/c1-12(2,3)18-11(17)16-7-6-10(8-16)15(5)9-14-13-4/h9-10H,4,6-8H2,1-3,5H3. The van der Waals surface area contributed by atoms with Gasteiger partial charge in [0.05, 0.1) is 0 Å². The third kappa shape index (κ3) is 4.35. The minimum Gasteiger partial charge on any atom is -0.444 e. The third-order valence-electron chi connectivity index (χ3n) is 2.71. The summed E-state index contributed by atoms with van der Waals surface area (Å²) in [5.41, 5.74) is -0.449. The number of likely N-dealkylation sites (N-methyl/N-ethyl adjacent to an activating group) is 1. The van der Waals surface area contributed by atoms with Crippen LogP contribution in [0.3, 0.4) is 0 Å². The highest BCUT2D eigenvalue weighted by molar-refractivity contribution is 5.68. The van der Waals surface area contributed by atoms with E-state index in [1.165, 1.54) is 0 Å². The Morgan fingerprint density at radius 1 is 1.56 bits per heavy atom. The number of hydrogen-bond donors (Lipinski definition) is 0. The molecule has 1 saturated heterocycles. The van der Waals surface area contributed by atoms with Crippen LogP contribution in [0.4, 0.5) is 4.79 Å². The SMILES string of the molecule is C=NN=CN(C)C1CCN(C(=O)OC(C)(C)C)C1. The van der Waals surface area contributed by atoms with Gasteiger partial charge in [-0.25, -0.2) is 4.79 Å². The summed E-state index contributed by atoms with van der Waals surface area (Å²) in [7, 11) is 1.91. The highest BCUT2D eigenvalue weighted by Crippen LogP contribution is 2.17. The van der Waals surface area contributed by atoms with Gasteiger partial charge in [-0.05, 0) is 27.2 Å². The van der Waals surface area contributed by atoms with Crippen LogP contribution < -0.4 is 0 Å². The molecule has 1 heterocycles. The molecule has 0 aromatic heterocycles. The second-order valence-electron chi connectivity index (χ2n) is 5.41. The Bertz CT molecular complexity index is 335. The van der Waals surface area contributed by atoms with Crippen molar-refractivity contribution >= 4 is 19.1 Å². The lowest BCUT2D eigenvalue weighted by Crippen LogP contribution is -2.38. The van der Waals surface area contributed by atoms with Gasteiger partial charge >= 0.3 is 6.09 Å². The van der Waals surface area contributed by atoms with Crippen molar-refractivity contribution in [2.24, 2.45) is 10.2 Å². The van der Waals surface area contributed by atoms with Crippen LogP contribution in [-0.2, 0) is 4.74 Å². The van der Waals surface area contributed by atoms with Gasteiger partial charge in [0.15, 0.2) is 0 Å². The smallest absolute Gasteiger partial charge is 0.410 e. The van der Waals surface area contributed by atoms with Gasteiger partial charge in [0.1, 0.15) is 11.9 Å². The van der Waals surface area contributed by atoms with Crippen molar-refractivity contribution in [3.63, 3.8) is 0 Å². The van der Waals surface area contributed by atoms with E-state index in [2.05, 4.69) is 16.9 Å². The van der Waals surface area contributed by atoms with Crippen molar-refractivity contribution in [3.8, 4) is 0 Å². The number of nitrogens with zero attached hydrogens (tertiary/aromatic N) is 4. The number of hydrogen-bond acceptors (Lipinski definition) is 4. The van der Waals surface area contributed by atoms with Crippen LogP contribution in [0.5, 0.6) is 0 Å². The van der Waals surface area contributed by atoms with Crippen molar-refractivity contribution < 1.29 is 9.53 Å². The molecule has 1 atom stereocenters. The van der Waals surface area contributed by atoms with Gasteiger partial charge in [0, 0.05) is 32.9 Å². The van der Waals surface area contributed by atoms with Gasteiger partial charge in [-0.1, -0.05) is 0 Å². The molecule has 1 aliphatic heterocycles. The molecule has 0 aliphatic carbocycles. The summed E-state index contributed by atoms with van der Waals surface area (Å²) in [6, 6.07) is 0.253. The van der Waals surface area contributed by atoms with Crippen LogP contribution in [0.1, 0.15) is 27.2 Å². The van der Waals surface area contributed by atoms with Crippen LogP contribution in [0.15, 0.2) is 10.2 Å². The average molecular weight is 254 g/mol. The predicted molar refractivity (Wildman–Crippen MR) is 72.0 cm³/mol. The average Bonchev–Trinajstić information content (AvgIpc) is 2.72. The Morgan fingerprint density at radius 2 is 2.22 bits per heavy atom. The van der Waals surface area contributed by atoms with Gasteiger partial charge in [-0.15, -0.1) is 5.10 Å². The Hall–Kier alpha value is -1.59. The first-order valence-electron chi connectivity index (χ1n) is 6.02. The molecule has 0 saturated carbocycles. The minimum absolute atomic E-state index is 0.253. The molecular weight excluding hydrogens is 232 g/mol. The molecular formula is C12H22N4O2. The largest absolute Gasteiger partial charge is 0.444 e. The second-order valence-corrected chi connectivity index (χ2v) is 5.41. The highest BCUT2D eigenvalue weighted by atomic mass is 16.6. The monoisotopic (exact) mass is 254 g/mol. The van der Waals surface area contributed by atoms with Crippen LogP contribution >= 0.6 is 0 Å². The molecule has 102 valence electrons. The molecule has 1 unspecified atom stereocenters. The van der Waals surface area contributed by atoms with Crippen molar-refractivity contribution in [3.05, 3.63) is 0 Å². The Morgan fingerprint density at radius 3 is 2.78 bits per heavy atom. The summed E-state index contributed by atoms with van der Waals surface area (Å²) in [5, 5.41) is 7.15. The fourth-order valence-electron chi connectivity index (χ4n) is 1.78. The van der Waals surface area contributed by atoms with Gasteiger partial charge in [-0.3, -0.25) is 0 Å². The lowest BCUT2D eigenvalue weighted by Gasteiger charge is -2.25. The highest BCUT2D eigenvalue weighted by Gasteiger charge is 2.31. The van der Waals surface area contributed by atoms with Gasteiger partial charge in [-0.2, -0.15) is 5.10 Å². The number of rotatable bonds is 3. The van der Waals surface area contributed by atoms with Gasteiger partial charge < -0.3 is 14.5 Å². The summed E-state index contributed by atoms with van der Waals surface area (Å²) in [5.74, 6) is 0. The van der Waals surface area contributed by atoms with E-state index in [0.717, 1.165) is 6.42 Å². The minimum atomic E-state index is -0.449. The lowest BCUT2D eigenvalue weighted by molar-refractivity contribution is 0.0287. The molecule has 0 aromatic rings. The number of ether oxygens (including phenoxy) is 1. The van der Waals surface area contributed by atoms with Crippen LogP contribution in [-0.4, -0.2) is 60.7 Å². The van der Waals surface area contributed by atoms with Crippen molar-refractivity contribution in [1.82, 2.24) is 9.80 Å². The van der Waals surface area contributed by atoms with E-state index in [4.69, 9.17) is 4.74 Å². The van der Waals surface area contributed by atoms with Crippen LogP contribution in [0, 0.1) is 0 Å². The molecule has 6 nitrogen and oxygen atoms in total. The van der Waals surface area contributed by atoms with Gasteiger partial charge in [0.25, 0.3) is 0 Å². The summed E-state index contributed by atoms with van der Waals surface area (Å²) >= 11 is 0. The maximum Gasteiger partial charge on any atom is 0.410 e. The van der Waals surface area contributed by atoms with E-state index < -0.39 is 5.60 Å². The first-order valence-corrected chi connectivity index (χ1v) is 6.02. The molecule has 1 amide bonds. The Labute approximate surface area is 108 Å². The second kappa shape index (κ2) is 5.84. The maximum atomic E-state index is 11.9. The zero-order valence-corrected chi connectivity index (χ0v) is 11.6. The topological polar surface area (TPSA) is 57.5 Å². The quantitative estimate of drug-likeness (QED) is 0.436. The number of carbonyl (C=O) groups is 1. The normalized spacial score (nSPS) is 20.2. The predicted octanol–water partition coefficient (Wildman–Crippen LogP) is 1.57. The molecule has 1 fully saturated rings. The third-order valence-corrected chi connectivity index (χ3v) is 2.71. The first-order chi connectivity index (χ1) is 8.33. The Kier molecular flexibility index (Phi) is 4.69. The summed E-state index contributed by atoms with van der Waals surface area (Å²) in [6.45, 7) is 10.2. The fraction of sp³-hybridized carbons (Fsp3) is 0.750. The van der Waals surface area contributed by atoms with Crippen molar-refractivity contribution in [2.75, 3.05) is 20.1 Å². The van der Waals surface area contributed by atoms with Crippen LogP contribution in [0.25, 0.3) is 0 Å². The van der Waals surface area contributed by atoms with Crippen molar-refractivity contribution in [1.29, 1.82) is 0 Å². The molecule has 0 bridgehead atoms. The molecule has 1 rings (SSSR count). The van der Waals surface area contributed by atoms with E-state index in [1.807, 2.05) is 32.7 Å². The van der Waals surface area contributed by atoms with E-state index in [1.54, 1.807) is 11.2 Å². The van der Waals surface area contributed by atoms with Crippen LogP contribution in [0.2, 0.25) is 0 Å². The molecule has 0 aromatic carbocycles. The van der Waals surface area contributed by atoms with E-state index in [9.17, 15) is 4.79 Å². The van der Waals surface area contributed by atoms with Gasteiger partial charge in [0.2, 0.25) is 0 Å². The summed E-state index contributed by atoms with van der Waals surface area (Å²) in [6.07, 6.45) is 2.27. The molecule has 6 heteroatoms. The molecule has 1 aliphatic rings. The summed E-state index contributed by atoms with van der Waals surface area (Å²) < 4.78 is 5.34. The first kappa shape index (κ1) is 14.5. The van der Waals surface area contributed by atoms with E-state index >= 15 is 0 Å². The Balaban J connectivity index is 2.48. The lowest BCUT2D eigenvalue weighted by atomic mass is 10.2. The molecule has 18 heavy (non-hydrogen) atoms. The molecule has 0 radical (unpaired) electrons. The number of carbonyl (C=O) groups excluding carboxylic acids is 1. The zero-order chi connectivity index (χ0) is 13.8. The van der Waals surface area contributed by atoms with E-state index in [-0.39, 0.29) is 12.1 Å². The fourth-order valence-corrected chi connectivity index (χ4v) is 1.78. The molecule has 0 N–H and O–H groups in total. The maximum absolute atomic E-state index is 11.9. The number of likely N-dealkylation sites (tertiary alicyclic amines) is 1. The number of amides is 1. The summed E-state index contributed by atoms with van der Waals surface area (Å²) in [4.78, 5) is 15.5. The van der Waals surface area contributed by atoms with Crippen molar-refractivity contribution in [2.45, 2.75) is 38.8 Å². The van der Waals surface area contributed by atoms with E-state index in [0.29, 0.717) is 13.1 Å². The molecule has 0 spiro atoms.